The van der Waals surface area contributed by atoms with Crippen LogP contribution in [0.4, 0.5) is 0 Å². The first-order chi connectivity index (χ1) is 14.4. The van der Waals surface area contributed by atoms with Gasteiger partial charge in [-0.25, -0.2) is 0 Å². The SMILES string of the molecule is COc1cccc([C@](O)(Cc2ccccc2Cl)[C@H](Cc2ccccc2)CN(C)C)c1. The topological polar surface area (TPSA) is 32.7 Å². The fourth-order valence-corrected chi connectivity index (χ4v) is 4.23. The monoisotopic (exact) mass is 423 g/mol. The van der Waals surface area contributed by atoms with E-state index >= 15 is 0 Å². The maximum atomic E-state index is 12.3. The fraction of sp³-hybridized carbons (Fsp3) is 0.308. The predicted molar refractivity (Wildman–Crippen MR) is 124 cm³/mol. The van der Waals surface area contributed by atoms with Crippen molar-refractivity contribution in [2.45, 2.75) is 18.4 Å². The Balaban J connectivity index is 2.09. The van der Waals surface area contributed by atoms with Gasteiger partial charge in [0.25, 0.3) is 0 Å². The van der Waals surface area contributed by atoms with Crippen molar-refractivity contribution in [3.05, 3.63) is 101 Å². The molecule has 3 aromatic rings. The minimum atomic E-state index is -1.13. The summed E-state index contributed by atoms with van der Waals surface area (Å²) in [5.74, 6) is 0.673. The Morgan fingerprint density at radius 3 is 2.33 bits per heavy atom. The molecule has 0 spiro atoms. The molecule has 3 aromatic carbocycles. The molecule has 30 heavy (non-hydrogen) atoms. The largest absolute Gasteiger partial charge is 0.497 e. The van der Waals surface area contributed by atoms with Crippen LogP contribution in [0, 0.1) is 5.92 Å². The first kappa shape index (κ1) is 22.4. The Labute approximate surface area is 184 Å². The molecule has 0 aliphatic rings. The third-order valence-electron chi connectivity index (χ3n) is 5.57. The van der Waals surface area contributed by atoms with Crippen molar-refractivity contribution in [3.63, 3.8) is 0 Å². The lowest BCUT2D eigenvalue weighted by Gasteiger charge is -2.39. The average Bonchev–Trinajstić information content (AvgIpc) is 2.75. The van der Waals surface area contributed by atoms with Gasteiger partial charge in [0, 0.05) is 23.9 Å². The van der Waals surface area contributed by atoms with E-state index in [9.17, 15) is 5.11 Å². The number of rotatable bonds is 9. The maximum Gasteiger partial charge on any atom is 0.119 e. The number of aliphatic hydroxyl groups is 1. The second-order valence-electron chi connectivity index (χ2n) is 8.07. The van der Waals surface area contributed by atoms with Gasteiger partial charge in [-0.05, 0) is 55.4 Å². The Hall–Kier alpha value is -2.33. The predicted octanol–water partition coefficient (Wildman–Crippen LogP) is 5.20. The Morgan fingerprint density at radius 1 is 0.967 bits per heavy atom. The molecule has 0 bridgehead atoms. The molecular formula is C26H30ClNO2. The zero-order valence-corrected chi connectivity index (χ0v) is 18.6. The summed E-state index contributed by atoms with van der Waals surface area (Å²) in [5.41, 5.74) is 1.84. The second kappa shape index (κ2) is 10.1. The standard InChI is InChI=1S/C26H30ClNO2/c1-28(2)19-23(16-20-10-5-4-6-11-20)26(29,18-21-12-7-8-15-25(21)27)22-13-9-14-24(17-22)30-3/h4-15,17,23,29H,16,18-19H2,1-3H3/t23-,26-/m1/s1. The third kappa shape index (κ3) is 5.42. The van der Waals surface area contributed by atoms with Crippen LogP contribution in [-0.2, 0) is 18.4 Å². The molecule has 0 saturated carbocycles. The van der Waals surface area contributed by atoms with Crippen molar-refractivity contribution in [2.75, 3.05) is 27.7 Å². The molecule has 0 unspecified atom stereocenters. The van der Waals surface area contributed by atoms with Crippen LogP contribution in [0.1, 0.15) is 16.7 Å². The molecule has 0 heterocycles. The summed E-state index contributed by atoms with van der Waals surface area (Å²) < 4.78 is 5.46. The highest BCUT2D eigenvalue weighted by molar-refractivity contribution is 6.31. The summed E-state index contributed by atoms with van der Waals surface area (Å²) in [5, 5.41) is 13.0. The van der Waals surface area contributed by atoms with Crippen LogP contribution in [0.25, 0.3) is 0 Å². The van der Waals surface area contributed by atoms with E-state index in [1.807, 2.05) is 80.8 Å². The molecule has 158 valence electrons. The molecule has 3 nitrogen and oxygen atoms in total. The van der Waals surface area contributed by atoms with E-state index in [1.165, 1.54) is 5.56 Å². The molecule has 0 fully saturated rings. The van der Waals surface area contributed by atoms with E-state index in [2.05, 4.69) is 17.0 Å². The van der Waals surface area contributed by atoms with E-state index in [-0.39, 0.29) is 5.92 Å². The van der Waals surface area contributed by atoms with Gasteiger partial charge in [0.2, 0.25) is 0 Å². The van der Waals surface area contributed by atoms with Crippen molar-refractivity contribution >= 4 is 11.6 Å². The van der Waals surface area contributed by atoms with Gasteiger partial charge in [-0.1, -0.05) is 72.3 Å². The van der Waals surface area contributed by atoms with E-state index in [4.69, 9.17) is 16.3 Å². The van der Waals surface area contributed by atoms with Gasteiger partial charge in [0.05, 0.1) is 12.7 Å². The van der Waals surface area contributed by atoms with Gasteiger partial charge in [-0.3, -0.25) is 0 Å². The summed E-state index contributed by atoms with van der Waals surface area (Å²) in [6.45, 7) is 0.729. The number of nitrogens with zero attached hydrogens (tertiary/aromatic N) is 1. The first-order valence-corrected chi connectivity index (χ1v) is 10.6. The number of hydrogen-bond donors (Lipinski definition) is 1. The van der Waals surface area contributed by atoms with Crippen molar-refractivity contribution in [1.82, 2.24) is 4.90 Å². The van der Waals surface area contributed by atoms with E-state index in [1.54, 1.807) is 7.11 Å². The minimum absolute atomic E-state index is 0.0571. The Bertz CT molecular complexity index is 945. The van der Waals surface area contributed by atoms with Crippen molar-refractivity contribution in [1.29, 1.82) is 0 Å². The molecule has 1 N–H and O–H groups in total. The van der Waals surface area contributed by atoms with Crippen LogP contribution in [0.5, 0.6) is 5.75 Å². The van der Waals surface area contributed by atoms with Gasteiger partial charge < -0.3 is 14.7 Å². The lowest BCUT2D eigenvalue weighted by molar-refractivity contribution is -0.0331. The number of benzene rings is 3. The van der Waals surface area contributed by atoms with Crippen LogP contribution < -0.4 is 4.74 Å². The molecule has 0 aromatic heterocycles. The van der Waals surface area contributed by atoms with E-state index < -0.39 is 5.60 Å². The molecule has 0 saturated heterocycles. The molecular weight excluding hydrogens is 394 g/mol. The van der Waals surface area contributed by atoms with Gasteiger partial charge in [-0.2, -0.15) is 0 Å². The van der Waals surface area contributed by atoms with Crippen LogP contribution in [0.3, 0.4) is 0 Å². The molecule has 0 amide bonds. The van der Waals surface area contributed by atoms with Crippen LogP contribution >= 0.6 is 11.6 Å². The zero-order chi connectivity index (χ0) is 21.6. The summed E-state index contributed by atoms with van der Waals surface area (Å²) in [6.07, 6.45) is 1.17. The normalized spacial score (nSPS) is 14.3. The van der Waals surface area contributed by atoms with Crippen LogP contribution in [-0.4, -0.2) is 37.8 Å². The van der Waals surface area contributed by atoms with Gasteiger partial charge in [0.15, 0.2) is 0 Å². The lowest BCUT2D eigenvalue weighted by Crippen LogP contribution is -2.43. The summed E-state index contributed by atoms with van der Waals surface area (Å²) in [4.78, 5) is 2.13. The van der Waals surface area contributed by atoms with Gasteiger partial charge >= 0.3 is 0 Å². The summed E-state index contributed by atoms with van der Waals surface area (Å²) in [7, 11) is 5.73. The number of hydrogen-bond acceptors (Lipinski definition) is 3. The zero-order valence-electron chi connectivity index (χ0n) is 17.9. The third-order valence-corrected chi connectivity index (χ3v) is 5.94. The number of ether oxygens (including phenoxy) is 1. The Kier molecular flexibility index (Phi) is 7.54. The lowest BCUT2D eigenvalue weighted by atomic mass is 9.74. The second-order valence-corrected chi connectivity index (χ2v) is 8.48. The van der Waals surface area contributed by atoms with Gasteiger partial charge in [-0.15, -0.1) is 0 Å². The highest BCUT2D eigenvalue weighted by Crippen LogP contribution is 2.38. The molecule has 2 atom stereocenters. The smallest absolute Gasteiger partial charge is 0.119 e. The van der Waals surface area contributed by atoms with Gasteiger partial charge in [0.1, 0.15) is 5.75 Å². The minimum Gasteiger partial charge on any atom is -0.497 e. The average molecular weight is 424 g/mol. The van der Waals surface area contributed by atoms with E-state index in [0.29, 0.717) is 11.4 Å². The number of halogens is 1. The molecule has 0 aliphatic carbocycles. The van der Waals surface area contributed by atoms with Crippen molar-refractivity contribution < 1.29 is 9.84 Å². The fourth-order valence-electron chi connectivity index (χ4n) is 4.03. The highest BCUT2D eigenvalue weighted by atomic mass is 35.5. The van der Waals surface area contributed by atoms with E-state index in [0.717, 1.165) is 29.8 Å². The molecule has 3 rings (SSSR count). The van der Waals surface area contributed by atoms with Crippen LogP contribution in [0.15, 0.2) is 78.9 Å². The van der Waals surface area contributed by atoms with Crippen LogP contribution in [0.2, 0.25) is 5.02 Å². The quantitative estimate of drug-likeness (QED) is 0.513. The molecule has 4 heteroatoms. The molecule has 0 radical (unpaired) electrons. The van der Waals surface area contributed by atoms with Crippen molar-refractivity contribution in [2.24, 2.45) is 5.92 Å². The maximum absolute atomic E-state index is 12.3. The summed E-state index contributed by atoms with van der Waals surface area (Å²) >= 11 is 6.50. The first-order valence-electron chi connectivity index (χ1n) is 10.2. The summed E-state index contributed by atoms with van der Waals surface area (Å²) in [6, 6.07) is 25.8. The Morgan fingerprint density at radius 2 is 1.67 bits per heavy atom. The number of methoxy groups -OCH3 is 1. The molecule has 0 aliphatic heterocycles. The van der Waals surface area contributed by atoms with Crippen molar-refractivity contribution in [3.8, 4) is 5.75 Å². The highest BCUT2D eigenvalue weighted by Gasteiger charge is 2.39.